The van der Waals surface area contributed by atoms with Gasteiger partial charge in [0.2, 0.25) is 5.91 Å². The lowest BCUT2D eigenvalue weighted by atomic mass is 10.1. The van der Waals surface area contributed by atoms with Crippen LogP contribution in [0.2, 0.25) is 0 Å². The van der Waals surface area contributed by atoms with Crippen molar-refractivity contribution in [1.29, 1.82) is 0 Å². The van der Waals surface area contributed by atoms with E-state index in [2.05, 4.69) is 16.0 Å². The molecule has 5 heteroatoms. The van der Waals surface area contributed by atoms with Crippen molar-refractivity contribution < 1.29 is 9.59 Å². The Labute approximate surface area is 126 Å². The maximum atomic E-state index is 11.8. The number of amides is 2. The standard InChI is InChI=1S/C16H25N3O2/c1-12-5-7-13(8-6-12)15(21)18-10-9-17-11-14(20)19-16(2,3)4/h5-8,17H,9-11H2,1-4H3,(H,18,21)(H,19,20). The van der Waals surface area contributed by atoms with Crippen LogP contribution in [0.15, 0.2) is 24.3 Å². The molecule has 0 heterocycles. The lowest BCUT2D eigenvalue weighted by Gasteiger charge is -2.20. The molecule has 0 fully saturated rings. The zero-order valence-corrected chi connectivity index (χ0v) is 13.2. The minimum Gasteiger partial charge on any atom is -0.351 e. The Balaban J connectivity index is 2.18. The van der Waals surface area contributed by atoms with Crippen molar-refractivity contribution in [1.82, 2.24) is 16.0 Å². The van der Waals surface area contributed by atoms with Gasteiger partial charge in [-0.05, 0) is 39.8 Å². The smallest absolute Gasteiger partial charge is 0.251 e. The van der Waals surface area contributed by atoms with Crippen LogP contribution in [0, 0.1) is 6.92 Å². The van der Waals surface area contributed by atoms with Gasteiger partial charge in [-0.2, -0.15) is 0 Å². The van der Waals surface area contributed by atoms with Gasteiger partial charge in [-0.15, -0.1) is 0 Å². The van der Waals surface area contributed by atoms with E-state index in [-0.39, 0.29) is 23.9 Å². The maximum Gasteiger partial charge on any atom is 0.251 e. The van der Waals surface area contributed by atoms with Crippen molar-refractivity contribution in [2.24, 2.45) is 0 Å². The number of carbonyl (C=O) groups is 2. The van der Waals surface area contributed by atoms with Crippen LogP contribution in [0.5, 0.6) is 0 Å². The first-order valence-electron chi connectivity index (χ1n) is 7.14. The van der Waals surface area contributed by atoms with Crippen LogP contribution in [-0.4, -0.2) is 37.0 Å². The van der Waals surface area contributed by atoms with Crippen molar-refractivity contribution in [3.8, 4) is 0 Å². The van der Waals surface area contributed by atoms with Gasteiger partial charge in [-0.25, -0.2) is 0 Å². The molecule has 0 aliphatic carbocycles. The molecule has 3 N–H and O–H groups in total. The third-order valence-electron chi connectivity index (χ3n) is 2.70. The highest BCUT2D eigenvalue weighted by Gasteiger charge is 2.12. The fraction of sp³-hybridized carbons (Fsp3) is 0.500. The lowest BCUT2D eigenvalue weighted by Crippen LogP contribution is -2.45. The quantitative estimate of drug-likeness (QED) is 0.690. The zero-order chi connectivity index (χ0) is 15.9. The number of hydrogen-bond donors (Lipinski definition) is 3. The number of benzene rings is 1. The molecule has 1 rings (SSSR count). The molecule has 21 heavy (non-hydrogen) atoms. The molecule has 116 valence electrons. The van der Waals surface area contributed by atoms with Gasteiger partial charge in [0.05, 0.1) is 6.54 Å². The molecular formula is C16H25N3O2. The summed E-state index contributed by atoms with van der Waals surface area (Å²) in [6.45, 7) is 9.07. The zero-order valence-electron chi connectivity index (χ0n) is 13.2. The van der Waals surface area contributed by atoms with Gasteiger partial charge in [0.1, 0.15) is 0 Å². The molecule has 0 bridgehead atoms. The fourth-order valence-corrected chi connectivity index (χ4v) is 1.74. The number of nitrogens with one attached hydrogen (secondary N) is 3. The van der Waals surface area contributed by atoms with E-state index in [1.165, 1.54) is 0 Å². The predicted octanol–water partition coefficient (Wildman–Crippen LogP) is 1.23. The van der Waals surface area contributed by atoms with Gasteiger partial charge < -0.3 is 16.0 Å². The van der Waals surface area contributed by atoms with Crippen molar-refractivity contribution in [2.75, 3.05) is 19.6 Å². The molecule has 0 aliphatic rings. The Morgan fingerprint density at radius 1 is 1.05 bits per heavy atom. The molecule has 0 aromatic heterocycles. The van der Waals surface area contributed by atoms with E-state index in [1.807, 2.05) is 39.8 Å². The van der Waals surface area contributed by atoms with E-state index in [0.29, 0.717) is 18.7 Å². The summed E-state index contributed by atoms with van der Waals surface area (Å²) in [5.41, 5.74) is 1.54. The number of hydrogen-bond acceptors (Lipinski definition) is 3. The van der Waals surface area contributed by atoms with E-state index in [9.17, 15) is 9.59 Å². The largest absolute Gasteiger partial charge is 0.351 e. The number of carbonyl (C=O) groups excluding carboxylic acids is 2. The third kappa shape index (κ3) is 7.46. The van der Waals surface area contributed by atoms with Crippen molar-refractivity contribution in [2.45, 2.75) is 33.2 Å². The van der Waals surface area contributed by atoms with Crippen LogP contribution in [-0.2, 0) is 4.79 Å². The highest BCUT2D eigenvalue weighted by Crippen LogP contribution is 2.02. The number of rotatable bonds is 6. The van der Waals surface area contributed by atoms with Gasteiger partial charge in [-0.3, -0.25) is 9.59 Å². The van der Waals surface area contributed by atoms with Crippen molar-refractivity contribution in [3.63, 3.8) is 0 Å². The van der Waals surface area contributed by atoms with Crippen LogP contribution in [0.3, 0.4) is 0 Å². The Hall–Kier alpha value is -1.88. The summed E-state index contributed by atoms with van der Waals surface area (Å²) in [5.74, 6) is -0.150. The summed E-state index contributed by atoms with van der Waals surface area (Å²) in [7, 11) is 0. The molecule has 0 unspecified atom stereocenters. The summed E-state index contributed by atoms with van der Waals surface area (Å²) < 4.78 is 0. The van der Waals surface area contributed by atoms with Crippen LogP contribution >= 0.6 is 0 Å². The first-order chi connectivity index (χ1) is 9.78. The SMILES string of the molecule is Cc1ccc(C(=O)NCCNCC(=O)NC(C)(C)C)cc1. The summed E-state index contributed by atoms with van der Waals surface area (Å²) in [6, 6.07) is 7.41. The molecule has 0 spiro atoms. The first kappa shape index (κ1) is 17.2. The highest BCUT2D eigenvalue weighted by molar-refractivity contribution is 5.94. The fourth-order valence-electron chi connectivity index (χ4n) is 1.74. The minimum atomic E-state index is -0.224. The van der Waals surface area contributed by atoms with E-state index in [0.717, 1.165) is 5.56 Å². The van der Waals surface area contributed by atoms with Crippen molar-refractivity contribution >= 4 is 11.8 Å². The predicted molar refractivity (Wildman–Crippen MR) is 84.3 cm³/mol. The van der Waals surface area contributed by atoms with Crippen molar-refractivity contribution in [3.05, 3.63) is 35.4 Å². The molecule has 0 atom stereocenters. The second-order valence-corrected chi connectivity index (χ2v) is 6.10. The Morgan fingerprint density at radius 2 is 1.67 bits per heavy atom. The average Bonchev–Trinajstić information content (AvgIpc) is 2.36. The van der Waals surface area contributed by atoms with Crippen LogP contribution in [0.1, 0.15) is 36.7 Å². The topological polar surface area (TPSA) is 70.2 Å². The van der Waals surface area contributed by atoms with E-state index in [4.69, 9.17) is 0 Å². The lowest BCUT2D eigenvalue weighted by molar-refractivity contribution is -0.121. The monoisotopic (exact) mass is 291 g/mol. The summed E-state index contributed by atoms with van der Waals surface area (Å²) in [5, 5.41) is 8.67. The van der Waals surface area contributed by atoms with Gasteiger partial charge in [0.15, 0.2) is 0 Å². The van der Waals surface area contributed by atoms with Crippen LogP contribution < -0.4 is 16.0 Å². The number of aryl methyl sites for hydroxylation is 1. The molecule has 0 saturated heterocycles. The normalized spacial score (nSPS) is 11.0. The second kappa shape index (κ2) is 7.78. The summed E-state index contributed by atoms with van der Waals surface area (Å²) in [6.07, 6.45) is 0. The summed E-state index contributed by atoms with van der Waals surface area (Å²) in [4.78, 5) is 23.4. The van der Waals surface area contributed by atoms with Crippen LogP contribution in [0.25, 0.3) is 0 Å². The molecular weight excluding hydrogens is 266 g/mol. The van der Waals surface area contributed by atoms with E-state index in [1.54, 1.807) is 12.1 Å². The van der Waals surface area contributed by atoms with Gasteiger partial charge >= 0.3 is 0 Å². The maximum absolute atomic E-state index is 11.8. The highest BCUT2D eigenvalue weighted by atomic mass is 16.2. The Bertz CT molecular complexity index is 475. The molecule has 1 aromatic carbocycles. The minimum absolute atomic E-state index is 0.0487. The summed E-state index contributed by atoms with van der Waals surface area (Å²) >= 11 is 0. The first-order valence-corrected chi connectivity index (χ1v) is 7.14. The molecule has 2 amide bonds. The molecule has 0 radical (unpaired) electrons. The molecule has 1 aromatic rings. The third-order valence-corrected chi connectivity index (χ3v) is 2.70. The van der Waals surface area contributed by atoms with Crippen LogP contribution in [0.4, 0.5) is 0 Å². The Morgan fingerprint density at radius 3 is 2.24 bits per heavy atom. The molecule has 0 saturated carbocycles. The van der Waals surface area contributed by atoms with Gasteiger partial charge in [-0.1, -0.05) is 17.7 Å². The van der Waals surface area contributed by atoms with E-state index < -0.39 is 0 Å². The average molecular weight is 291 g/mol. The molecule has 5 nitrogen and oxygen atoms in total. The van der Waals surface area contributed by atoms with E-state index >= 15 is 0 Å². The molecule has 0 aliphatic heterocycles. The van der Waals surface area contributed by atoms with Gasteiger partial charge in [0, 0.05) is 24.2 Å². The van der Waals surface area contributed by atoms with Gasteiger partial charge in [0.25, 0.3) is 5.91 Å². The second-order valence-electron chi connectivity index (χ2n) is 6.10. The Kier molecular flexibility index (Phi) is 6.37.